The molecule has 382 valence electrons. The number of nitrogens with one attached hydrogen (secondary N) is 3. The molecule has 2 saturated carbocycles. The van der Waals surface area contributed by atoms with Gasteiger partial charge in [0, 0.05) is 73.7 Å². The number of H-pyrrole nitrogens is 1. The van der Waals surface area contributed by atoms with Crippen LogP contribution in [0.25, 0.3) is 11.0 Å². The molecule has 5 fully saturated rings. The summed E-state index contributed by atoms with van der Waals surface area (Å²) in [4.78, 5) is 41.1. The number of aromatic nitrogens is 2. The minimum Gasteiger partial charge on any atom is -0.489 e. The Morgan fingerprint density at radius 1 is 0.944 bits per heavy atom. The van der Waals surface area contributed by atoms with Crippen molar-refractivity contribution in [3.05, 3.63) is 99.7 Å². The van der Waals surface area contributed by atoms with E-state index in [4.69, 9.17) is 19.2 Å². The van der Waals surface area contributed by atoms with Crippen molar-refractivity contribution in [1.29, 1.82) is 0 Å². The molecule has 18 heteroatoms. The summed E-state index contributed by atoms with van der Waals surface area (Å²) in [5.74, 6) is 0.691. The quantitative estimate of drug-likeness (QED) is 0.0680. The highest BCUT2D eigenvalue weighted by molar-refractivity contribution is 7.90. The van der Waals surface area contributed by atoms with Crippen LogP contribution in [-0.4, -0.2) is 109 Å². The van der Waals surface area contributed by atoms with Crippen molar-refractivity contribution in [2.75, 3.05) is 67.7 Å². The predicted octanol–water partition coefficient (Wildman–Crippen LogP) is 9.04. The molecule has 4 N–H and O–H groups in total. The molecule has 5 aromatic rings. The van der Waals surface area contributed by atoms with Gasteiger partial charge < -0.3 is 39.4 Å². The van der Waals surface area contributed by atoms with Crippen LogP contribution in [0.1, 0.15) is 118 Å². The number of carbonyl (C=O) groups is 1. The second-order valence-electron chi connectivity index (χ2n) is 21.7. The van der Waals surface area contributed by atoms with Gasteiger partial charge in [-0.2, -0.15) is 0 Å². The van der Waals surface area contributed by atoms with Crippen LogP contribution in [0.15, 0.2) is 77.8 Å². The summed E-state index contributed by atoms with van der Waals surface area (Å²) < 4.78 is 49.1. The Morgan fingerprint density at radius 2 is 1.71 bits per heavy atom. The molecule has 1 amide bonds. The van der Waals surface area contributed by atoms with Crippen LogP contribution in [0.4, 0.5) is 22.9 Å². The van der Waals surface area contributed by atoms with Crippen molar-refractivity contribution in [1.82, 2.24) is 19.6 Å². The fourth-order valence-corrected chi connectivity index (χ4v) is 13.5. The molecule has 2 aliphatic carbocycles. The fraction of sp³-hybridized carbons (Fsp3) is 0.519. The molecule has 11 rings (SSSR count). The van der Waals surface area contributed by atoms with Crippen LogP contribution in [0.3, 0.4) is 0 Å². The van der Waals surface area contributed by atoms with Gasteiger partial charge in [-0.05, 0) is 130 Å². The maximum absolute atomic E-state index is 14.5. The highest BCUT2D eigenvalue weighted by Crippen LogP contribution is 2.54. The minimum atomic E-state index is -4.70. The monoisotopic (exact) mass is 1000 g/mol. The number of nitro benzene ring substituents is 1. The van der Waals surface area contributed by atoms with E-state index in [1.165, 1.54) is 42.9 Å². The van der Waals surface area contributed by atoms with Crippen LogP contribution in [0.2, 0.25) is 0 Å². The van der Waals surface area contributed by atoms with Gasteiger partial charge in [-0.15, -0.1) is 0 Å². The van der Waals surface area contributed by atoms with Crippen LogP contribution in [0.5, 0.6) is 17.2 Å². The van der Waals surface area contributed by atoms with Crippen molar-refractivity contribution in [3.63, 3.8) is 0 Å². The largest absolute Gasteiger partial charge is 0.489 e. The highest BCUT2D eigenvalue weighted by atomic mass is 32.2. The summed E-state index contributed by atoms with van der Waals surface area (Å²) in [6.07, 6.45) is 11.3. The Balaban J connectivity index is 0.847. The van der Waals surface area contributed by atoms with Gasteiger partial charge in [-0.25, -0.2) is 18.1 Å². The smallest absolute Gasteiger partial charge is 0.297 e. The molecule has 6 aliphatic rings. The number of rotatable bonds is 12. The lowest BCUT2D eigenvalue weighted by molar-refractivity contribution is -0.384. The number of carbonyl (C=O) groups excluding carboxylic acids is 1. The number of hydrogen-bond acceptors (Lipinski definition) is 14. The van der Waals surface area contributed by atoms with Crippen molar-refractivity contribution in [2.45, 2.75) is 120 Å². The van der Waals surface area contributed by atoms with Gasteiger partial charge in [-0.1, -0.05) is 38.1 Å². The molecular weight excluding hydrogens is 937 g/mol. The van der Waals surface area contributed by atoms with E-state index in [-0.39, 0.29) is 46.7 Å². The molecule has 72 heavy (non-hydrogen) atoms. The number of sulfonamides is 1. The van der Waals surface area contributed by atoms with E-state index >= 15 is 0 Å². The third-order valence-corrected chi connectivity index (χ3v) is 18.0. The van der Waals surface area contributed by atoms with Gasteiger partial charge in [0.1, 0.15) is 18.0 Å². The molecule has 3 saturated heterocycles. The average Bonchev–Trinajstić information content (AvgIpc) is 4.05. The lowest BCUT2D eigenvalue weighted by atomic mass is 9.59. The van der Waals surface area contributed by atoms with E-state index in [1.807, 2.05) is 31.2 Å². The molecule has 0 radical (unpaired) electrons. The number of aliphatic hydroxyl groups is 1. The highest BCUT2D eigenvalue weighted by Gasteiger charge is 2.50. The summed E-state index contributed by atoms with van der Waals surface area (Å²) in [6.45, 7) is 11.5. The number of morpholine rings is 1. The van der Waals surface area contributed by atoms with Gasteiger partial charge in [-0.3, -0.25) is 19.8 Å². The molecular formula is C54H66N8O9S. The van der Waals surface area contributed by atoms with Crippen LogP contribution in [0, 0.1) is 21.4 Å². The van der Waals surface area contributed by atoms with E-state index in [2.05, 4.69) is 67.8 Å². The Bertz CT molecular complexity index is 2960. The third kappa shape index (κ3) is 9.46. The molecule has 4 aliphatic heterocycles. The normalized spacial score (nSPS) is 24.7. The predicted molar refractivity (Wildman–Crippen MR) is 275 cm³/mol. The SMILES string of the molecule is CC(C)c1ccccc1[C@@H]1CCCN1C1CC2(CCN(c3ccc(C(=O)NS(=O)(=O)c4cc5c(c([N+](=O)[O-])c4)N[C@@H](C4CCC(C)(O)CC4)CO5)c(Oc4cc5cc[nH]c5nc4N4CCOCC4)c3)CC2)C1. The third-order valence-electron chi connectivity index (χ3n) is 16.7. The number of fused-ring (bicyclic) bond motifs is 2. The maximum Gasteiger partial charge on any atom is 0.297 e. The second kappa shape index (κ2) is 19.1. The zero-order chi connectivity index (χ0) is 49.9. The zero-order valence-corrected chi connectivity index (χ0v) is 42.2. The summed E-state index contributed by atoms with van der Waals surface area (Å²) in [5.41, 5.74) is 3.53. The molecule has 0 unspecified atom stereocenters. The molecule has 0 bridgehead atoms. The molecule has 3 aromatic carbocycles. The van der Waals surface area contributed by atoms with Gasteiger partial charge >= 0.3 is 0 Å². The number of nitro groups is 1. The molecule has 2 atom stereocenters. The molecule has 2 aromatic heterocycles. The number of pyridine rings is 1. The van der Waals surface area contributed by atoms with E-state index in [0.29, 0.717) is 87.2 Å². The van der Waals surface area contributed by atoms with Gasteiger partial charge in [0.2, 0.25) is 0 Å². The molecule has 17 nitrogen and oxygen atoms in total. The number of benzene rings is 3. The summed E-state index contributed by atoms with van der Waals surface area (Å²) >= 11 is 0. The summed E-state index contributed by atoms with van der Waals surface area (Å²) in [5, 5.41) is 27.1. The topological polar surface area (TPSA) is 205 Å². The number of nitrogens with zero attached hydrogens (tertiary/aromatic N) is 5. The summed E-state index contributed by atoms with van der Waals surface area (Å²) in [6, 6.07) is 20.9. The van der Waals surface area contributed by atoms with Crippen LogP contribution >= 0.6 is 0 Å². The molecule has 6 heterocycles. The van der Waals surface area contributed by atoms with Crippen molar-refractivity contribution < 1.29 is 37.5 Å². The number of likely N-dealkylation sites (tertiary alicyclic amines) is 1. The lowest BCUT2D eigenvalue weighted by Gasteiger charge is -2.56. The van der Waals surface area contributed by atoms with Crippen LogP contribution in [-0.2, 0) is 14.8 Å². The number of hydrogen-bond donors (Lipinski definition) is 4. The minimum absolute atomic E-state index is 0.00105. The molecule has 1 spiro atoms. The Kier molecular flexibility index (Phi) is 12.9. The van der Waals surface area contributed by atoms with Crippen molar-refractivity contribution >= 4 is 49.8 Å². The Morgan fingerprint density at radius 3 is 2.46 bits per heavy atom. The van der Waals surface area contributed by atoms with E-state index in [0.717, 1.165) is 49.6 Å². The summed E-state index contributed by atoms with van der Waals surface area (Å²) in [7, 11) is -4.70. The second-order valence-corrected chi connectivity index (χ2v) is 23.4. The fourth-order valence-electron chi connectivity index (χ4n) is 12.5. The van der Waals surface area contributed by atoms with Crippen molar-refractivity contribution in [2.24, 2.45) is 11.3 Å². The van der Waals surface area contributed by atoms with Crippen molar-refractivity contribution in [3.8, 4) is 17.2 Å². The number of anilines is 3. The van der Waals surface area contributed by atoms with Crippen LogP contribution < -0.4 is 29.3 Å². The van der Waals surface area contributed by atoms with E-state index in [1.54, 1.807) is 12.3 Å². The number of piperidine rings is 1. The number of aromatic amines is 1. The number of amides is 1. The van der Waals surface area contributed by atoms with E-state index in [9.17, 15) is 28.4 Å². The first kappa shape index (κ1) is 48.3. The first-order valence-electron chi connectivity index (χ1n) is 25.9. The first-order valence-corrected chi connectivity index (χ1v) is 27.3. The van der Waals surface area contributed by atoms with Gasteiger partial charge in [0.05, 0.1) is 40.2 Å². The number of ether oxygens (including phenoxy) is 3. The Hall–Kier alpha value is -5.95. The van der Waals surface area contributed by atoms with Gasteiger partial charge in [0.25, 0.3) is 21.6 Å². The average molecular weight is 1000 g/mol. The zero-order valence-electron chi connectivity index (χ0n) is 41.4. The maximum atomic E-state index is 14.5. The Labute approximate surface area is 420 Å². The first-order chi connectivity index (χ1) is 34.6. The standard InChI is InChI=1S/C54H66N8O9S/c1-34(2)40-7-4-5-8-41(40)44-9-6-20-61(44)38-31-54(32-38)17-21-59(22-18-54)37-10-11-42(46(28-37)71-48-27-36-14-19-55-50(36)57-51(48)60-23-25-69-26-24-60)52(63)58-72(67,68)39-29-45(62(65)66)49-47(30-39)70-33-43(56-49)35-12-15-53(3,64)16-13-35/h4-5,7-8,10-11,14,19,27-30,34-35,38,43-44,56,64H,6,9,12-13,15-18,20-26,31-33H2,1-3H3,(H,55,57)(H,58,63)/t35?,43-,44+,53?/m1/s1. The van der Waals surface area contributed by atoms with Gasteiger partial charge in [0.15, 0.2) is 23.0 Å². The van der Waals surface area contributed by atoms with E-state index < -0.39 is 37.0 Å². The lowest BCUT2D eigenvalue weighted by Crippen LogP contribution is -2.54.